The van der Waals surface area contributed by atoms with Gasteiger partial charge in [0.05, 0.1) is 12.6 Å². The van der Waals surface area contributed by atoms with Gasteiger partial charge in [0.1, 0.15) is 10.8 Å². The fourth-order valence-electron chi connectivity index (χ4n) is 2.38. The van der Waals surface area contributed by atoms with Crippen molar-refractivity contribution in [3.8, 4) is 0 Å². The van der Waals surface area contributed by atoms with Crippen LogP contribution in [0.25, 0.3) is 0 Å². The topological polar surface area (TPSA) is 52.6 Å². The molecule has 5 nitrogen and oxygen atoms in total. The van der Waals surface area contributed by atoms with Crippen LogP contribution in [-0.2, 0) is 12.7 Å². The standard InChI is InChI=1S/C17H21F4N5S.HI/c1-22-16(24-9-15-25-14(10-27-15)17(19,20)21)23-8-13(26(2)3)11-4-6-12(18)7-5-11;/h4-7,10,13H,8-9H2,1-3H3,(H2,22,23,24);1H. The Morgan fingerprint density at radius 2 is 1.86 bits per heavy atom. The van der Waals surface area contributed by atoms with Gasteiger partial charge in [-0.1, -0.05) is 12.1 Å². The summed E-state index contributed by atoms with van der Waals surface area (Å²) in [6, 6.07) is 6.19. The number of alkyl halides is 3. The van der Waals surface area contributed by atoms with Crippen LogP contribution in [0.4, 0.5) is 17.6 Å². The van der Waals surface area contributed by atoms with E-state index in [4.69, 9.17) is 0 Å². The fraction of sp³-hybridized carbons (Fsp3) is 0.412. The van der Waals surface area contributed by atoms with Crippen LogP contribution in [0.5, 0.6) is 0 Å². The molecular formula is C17H22F4IN5S. The van der Waals surface area contributed by atoms with Crippen molar-refractivity contribution in [2.75, 3.05) is 27.7 Å². The van der Waals surface area contributed by atoms with Crippen molar-refractivity contribution in [1.29, 1.82) is 0 Å². The number of halogens is 5. The molecule has 0 amide bonds. The summed E-state index contributed by atoms with van der Waals surface area (Å²) >= 11 is 0.936. The monoisotopic (exact) mass is 531 g/mol. The second kappa shape index (κ2) is 10.9. The minimum absolute atomic E-state index is 0. The van der Waals surface area contributed by atoms with Gasteiger partial charge in [0.2, 0.25) is 0 Å². The smallest absolute Gasteiger partial charge is 0.354 e. The molecule has 0 saturated heterocycles. The van der Waals surface area contributed by atoms with E-state index in [0.717, 1.165) is 22.3 Å². The molecule has 1 aromatic carbocycles. The third-order valence-corrected chi connectivity index (χ3v) is 4.66. The molecule has 2 rings (SSSR count). The van der Waals surface area contributed by atoms with Gasteiger partial charge in [-0.25, -0.2) is 9.37 Å². The molecule has 0 aliphatic carbocycles. The maximum atomic E-state index is 13.1. The molecular weight excluding hydrogens is 509 g/mol. The van der Waals surface area contributed by atoms with E-state index >= 15 is 0 Å². The number of nitrogens with one attached hydrogen (secondary N) is 2. The number of aromatic nitrogens is 1. The minimum Gasteiger partial charge on any atom is -0.354 e. The molecule has 0 radical (unpaired) electrons. The zero-order valence-electron chi connectivity index (χ0n) is 15.5. The van der Waals surface area contributed by atoms with Gasteiger partial charge in [0.15, 0.2) is 11.7 Å². The second-order valence-corrected chi connectivity index (χ2v) is 6.90. The highest BCUT2D eigenvalue weighted by Crippen LogP contribution is 2.29. The maximum absolute atomic E-state index is 13.1. The lowest BCUT2D eigenvalue weighted by atomic mass is 10.1. The van der Waals surface area contributed by atoms with Crippen LogP contribution in [0.15, 0.2) is 34.6 Å². The summed E-state index contributed by atoms with van der Waals surface area (Å²) in [6.45, 7) is 0.605. The summed E-state index contributed by atoms with van der Waals surface area (Å²) in [7, 11) is 5.38. The highest BCUT2D eigenvalue weighted by Gasteiger charge is 2.33. The number of aliphatic imine (C=N–C) groups is 1. The Bertz CT molecular complexity index is 762. The van der Waals surface area contributed by atoms with Crippen molar-refractivity contribution in [2.45, 2.75) is 18.8 Å². The van der Waals surface area contributed by atoms with E-state index in [1.54, 1.807) is 19.2 Å². The van der Waals surface area contributed by atoms with Crippen molar-refractivity contribution >= 4 is 41.3 Å². The van der Waals surface area contributed by atoms with Crippen molar-refractivity contribution in [1.82, 2.24) is 20.5 Å². The van der Waals surface area contributed by atoms with Crippen LogP contribution in [0.3, 0.4) is 0 Å². The van der Waals surface area contributed by atoms with Gasteiger partial charge in [-0.15, -0.1) is 35.3 Å². The number of guanidine groups is 1. The number of hydrogen-bond donors (Lipinski definition) is 2. The lowest BCUT2D eigenvalue weighted by Gasteiger charge is -2.26. The summed E-state index contributed by atoms with van der Waals surface area (Å²) in [5, 5.41) is 7.38. The van der Waals surface area contributed by atoms with E-state index in [9.17, 15) is 17.6 Å². The number of benzene rings is 1. The predicted octanol–water partition coefficient (Wildman–Crippen LogP) is 3.89. The zero-order chi connectivity index (χ0) is 20.0. The molecule has 0 spiro atoms. The first-order valence-electron chi connectivity index (χ1n) is 8.08. The van der Waals surface area contributed by atoms with E-state index in [-0.39, 0.29) is 42.4 Å². The van der Waals surface area contributed by atoms with Crippen molar-refractivity contribution in [2.24, 2.45) is 4.99 Å². The highest BCUT2D eigenvalue weighted by atomic mass is 127. The van der Waals surface area contributed by atoms with E-state index < -0.39 is 11.9 Å². The van der Waals surface area contributed by atoms with Crippen LogP contribution < -0.4 is 10.6 Å². The third kappa shape index (κ3) is 7.17. The minimum atomic E-state index is -4.44. The average Bonchev–Trinajstić information content (AvgIpc) is 3.08. The number of nitrogens with zero attached hydrogens (tertiary/aromatic N) is 3. The third-order valence-electron chi connectivity index (χ3n) is 3.81. The van der Waals surface area contributed by atoms with Gasteiger partial charge in [0, 0.05) is 19.0 Å². The second-order valence-electron chi connectivity index (χ2n) is 5.96. The Labute approximate surface area is 182 Å². The SMILES string of the molecule is CN=C(NCc1nc(C(F)(F)F)cs1)NCC(c1ccc(F)cc1)N(C)C.I. The Balaban J connectivity index is 0.00000392. The lowest BCUT2D eigenvalue weighted by Crippen LogP contribution is -2.41. The largest absolute Gasteiger partial charge is 0.434 e. The number of rotatable bonds is 6. The van der Waals surface area contributed by atoms with Crippen molar-refractivity contribution in [3.63, 3.8) is 0 Å². The molecule has 1 atom stereocenters. The summed E-state index contributed by atoms with van der Waals surface area (Å²) in [6.07, 6.45) is -4.44. The van der Waals surface area contributed by atoms with Gasteiger partial charge >= 0.3 is 6.18 Å². The van der Waals surface area contributed by atoms with Crippen LogP contribution in [0.2, 0.25) is 0 Å². The maximum Gasteiger partial charge on any atom is 0.434 e. The first-order valence-corrected chi connectivity index (χ1v) is 8.96. The molecule has 2 N–H and O–H groups in total. The van der Waals surface area contributed by atoms with Gasteiger partial charge < -0.3 is 15.5 Å². The molecule has 0 bridgehead atoms. The zero-order valence-corrected chi connectivity index (χ0v) is 18.7. The van der Waals surface area contributed by atoms with Crippen LogP contribution in [0, 0.1) is 5.82 Å². The van der Waals surface area contributed by atoms with Gasteiger partial charge in [0.25, 0.3) is 0 Å². The number of hydrogen-bond acceptors (Lipinski definition) is 4. The number of likely N-dealkylation sites (N-methyl/N-ethyl adjacent to an activating group) is 1. The average molecular weight is 531 g/mol. The summed E-state index contributed by atoms with van der Waals surface area (Å²) in [4.78, 5) is 9.62. The molecule has 0 saturated carbocycles. The van der Waals surface area contributed by atoms with E-state index in [1.807, 2.05) is 19.0 Å². The quantitative estimate of drug-likeness (QED) is 0.257. The van der Waals surface area contributed by atoms with E-state index in [2.05, 4.69) is 20.6 Å². The fourth-order valence-corrected chi connectivity index (χ4v) is 3.12. The van der Waals surface area contributed by atoms with Crippen molar-refractivity contribution in [3.05, 3.63) is 51.7 Å². The van der Waals surface area contributed by atoms with Crippen LogP contribution in [0.1, 0.15) is 22.3 Å². The van der Waals surface area contributed by atoms with Crippen LogP contribution >= 0.6 is 35.3 Å². The molecule has 0 aliphatic rings. The summed E-state index contributed by atoms with van der Waals surface area (Å²) in [5.41, 5.74) is 0.0373. The van der Waals surface area contributed by atoms with Gasteiger partial charge in [-0.2, -0.15) is 13.2 Å². The Morgan fingerprint density at radius 1 is 1.21 bits per heavy atom. The van der Waals surface area contributed by atoms with Crippen LogP contribution in [-0.4, -0.2) is 43.5 Å². The predicted molar refractivity (Wildman–Crippen MR) is 114 cm³/mol. The normalized spacial score (nSPS) is 13.2. The number of thiazole rings is 1. The molecule has 28 heavy (non-hydrogen) atoms. The Kier molecular flexibility index (Phi) is 9.57. The highest BCUT2D eigenvalue weighted by molar-refractivity contribution is 14.0. The molecule has 1 aromatic heterocycles. The molecule has 1 unspecified atom stereocenters. The van der Waals surface area contributed by atoms with E-state index in [1.165, 1.54) is 12.1 Å². The molecule has 0 fully saturated rings. The first kappa shape index (κ1) is 24.6. The molecule has 2 aromatic rings. The first-order chi connectivity index (χ1) is 12.7. The molecule has 11 heteroatoms. The molecule has 1 heterocycles. The van der Waals surface area contributed by atoms with Crippen molar-refractivity contribution < 1.29 is 17.6 Å². The van der Waals surface area contributed by atoms with Gasteiger partial charge in [-0.05, 0) is 31.8 Å². The Morgan fingerprint density at radius 3 is 2.36 bits per heavy atom. The lowest BCUT2D eigenvalue weighted by molar-refractivity contribution is -0.140. The van der Waals surface area contributed by atoms with E-state index in [0.29, 0.717) is 17.5 Å². The summed E-state index contributed by atoms with van der Waals surface area (Å²) < 4.78 is 50.9. The van der Waals surface area contributed by atoms with Gasteiger partial charge in [-0.3, -0.25) is 4.99 Å². The molecule has 156 valence electrons. The molecule has 0 aliphatic heterocycles. The summed E-state index contributed by atoms with van der Waals surface area (Å²) in [5.74, 6) is 0.135. The Hall–Kier alpha value is -1.47.